The summed E-state index contributed by atoms with van der Waals surface area (Å²) >= 11 is 0. The van der Waals surface area contributed by atoms with Gasteiger partial charge in [-0.1, -0.05) is 36.4 Å². The van der Waals surface area contributed by atoms with Crippen LogP contribution in [0.3, 0.4) is 0 Å². The van der Waals surface area contributed by atoms with E-state index in [1.807, 2.05) is 18.2 Å². The molecule has 34 heavy (non-hydrogen) atoms. The predicted molar refractivity (Wildman–Crippen MR) is 131 cm³/mol. The molecule has 0 spiro atoms. The van der Waals surface area contributed by atoms with Crippen molar-refractivity contribution in [2.24, 2.45) is 0 Å². The minimum Gasteiger partial charge on any atom is -0.447 e. The largest absolute Gasteiger partial charge is 0.447 e. The van der Waals surface area contributed by atoms with Crippen LogP contribution in [0.1, 0.15) is 10.4 Å². The van der Waals surface area contributed by atoms with E-state index in [1.54, 1.807) is 60.7 Å². The molecule has 0 fully saturated rings. The number of hydrogen-bond acceptors (Lipinski definition) is 6. The van der Waals surface area contributed by atoms with Gasteiger partial charge in [-0.3, -0.25) is 14.9 Å². The number of rotatable bonds is 10. The zero-order chi connectivity index (χ0) is 24.2. The van der Waals surface area contributed by atoms with E-state index in [-0.39, 0.29) is 25.0 Å². The molecular weight excluding hydrogens is 436 g/mol. The number of methoxy groups -OCH3 is 1. The fraction of sp³-hybridized carbons (Fsp3) is 0.160. The van der Waals surface area contributed by atoms with Gasteiger partial charge >= 0.3 is 6.09 Å². The van der Waals surface area contributed by atoms with Gasteiger partial charge in [0, 0.05) is 24.2 Å². The Balaban J connectivity index is 1.55. The summed E-state index contributed by atoms with van der Waals surface area (Å²) in [5.74, 6) is -0.663. The summed E-state index contributed by atoms with van der Waals surface area (Å²) in [6.45, 7) is 0.406. The summed E-state index contributed by atoms with van der Waals surface area (Å²) in [6.07, 6.45) is -0.600. The van der Waals surface area contributed by atoms with Crippen LogP contribution in [0, 0.1) is 0 Å². The maximum atomic E-state index is 12.7. The van der Waals surface area contributed by atoms with Crippen LogP contribution < -0.4 is 21.3 Å². The van der Waals surface area contributed by atoms with Crippen LogP contribution in [0.15, 0.2) is 78.9 Å². The molecular formula is C25H26N4O5. The highest BCUT2D eigenvalue weighted by Gasteiger charge is 2.13. The average molecular weight is 463 g/mol. The van der Waals surface area contributed by atoms with Crippen molar-refractivity contribution in [1.82, 2.24) is 0 Å². The highest BCUT2D eigenvalue weighted by Crippen LogP contribution is 2.18. The molecule has 0 unspecified atom stereocenters. The summed E-state index contributed by atoms with van der Waals surface area (Å²) in [5.41, 5.74) is 2.54. The summed E-state index contributed by atoms with van der Waals surface area (Å²) in [7, 11) is 1.52. The summed E-state index contributed by atoms with van der Waals surface area (Å²) in [5, 5.41) is 11.2. The molecule has 0 aliphatic carbocycles. The fourth-order valence-corrected chi connectivity index (χ4v) is 2.97. The Morgan fingerprint density at radius 1 is 0.735 bits per heavy atom. The average Bonchev–Trinajstić information content (AvgIpc) is 2.84. The lowest BCUT2D eigenvalue weighted by Crippen LogP contribution is -2.24. The van der Waals surface area contributed by atoms with Crippen molar-refractivity contribution in [2.75, 3.05) is 48.1 Å². The van der Waals surface area contributed by atoms with Gasteiger partial charge in [-0.2, -0.15) is 0 Å². The molecule has 0 aliphatic rings. The molecule has 3 aromatic rings. The van der Waals surface area contributed by atoms with E-state index in [0.29, 0.717) is 34.9 Å². The Morgan fingerprint density at radius 3 is 2.24 bits per heavy atom. The van der Waals surface area contributed by atoms with Gasteiger partial charge in [0.2, 0.25) is 5.91 Å². The van der Waals surface area contributed by atoms with Crippen LogP contribution in [-0.4, -0.2) is 44.8 Å². The maximum absolute atomic E-state index is 12.7. The number of para-hydroxylation sites is 2. The first kappa shape index (κ1) is 24.3. The molecule has 0 saturated heterocycles. The summed E-state index contributed by atoms with van der Waals surface area (Å²) in [6, 6.07) is 22.7. The number of carbonyl (C=O) groups is 3. The first-order valence-electron chi connectivity index (χ1n) is 10.6. The maximum Gasteiger partial charge on any atom is 0.411 e. The zero-order valence-electron chi connectivity index (χ0n) is 18.7. The molecule has 0 saturated carbocycles. The second kappa shape index (κ2) is 12.6. The third-order valence-electron chi connectivity index (χ3n) is 4.56. The van der Waals surface area contributed by atoms with Gasteiger partial charge in [-0.05, 0) is 42.5 Å². The monoisotopic (exact) mass is 462 g/mol. The summed E-state index contributed by atoms with van der Waals surface area (Å²) < 4.78 is 9.80. The molecule has 0 aliphatic heterocycles. The molecule has 176 valence electrons. The van der Waals surface area contributed by atoms with Gasteiger partial charge < -0.3 is 25.4 Å². The zero-order valence-corrected chi connectivity index (χ0v) is 18.7. The fourth-order valence-electron chi connectivity index (χ4n) is 2.97. The SMILES string of the molecule is COCCOC(=O)Nc1cccc(NCC(=O)Nc2ccccc2C(=O)Nc2ccccc2)c1. The number of nitrogens with one attached hydrogen (secondary N) is 4. The van der Waals surface area contributed by atoms with E-state index < -0.39 is 6.09 Å². The third-order valence-corrected chi connectivity index (χ3v) is 4.56. The van der Waals surface area contributed by atoms with E-state index in [2.05, 4.69) is 21.3 Å². The van der Waals surface area contributed by atoms with Crippen LogP contribution in [0.25, 0.3) is 0 Å². The number of ether oxygens (including phenoxy) is 2. The first-order chi connectivity index (χ1) is 16.5. The van der Waals surface area contributed by atoms with Crippen LogP contribution in [0.5, 0.6) is 0 Å². The van der Waals surface area contributed by atoms with Crippen molar-refractivity contribution in [3.05, 3.63) is 84.4 Å². The van der Waals surface area contributed by atoms with Crippen molar-refractivity contribution in [3.8, 4) is 0 Å². The van der Waals surface area contributed by atoms with Gasteiger partial charge in [-0.25, -0.2) is 4.79 Å². The molecule has 0 bridgehead atoms. The molecule has 3 rings (SSSR count). The molecule has 0 atom stereocenters. The molecule has 0 aromatic heterocycles. The van der Waals surface area contributed by atoms with Gasteiger partial charge in [0.05, 0.1) is 24.4 Å². The van der Waals surface area contributed by atoms with Crippen molar-refractivity contribution in [2.45, 2.75) is 0 Å². The molecule has 9 nitrogen and oxygen atoms in total. The molecule has 4 N–H and O–H groups in total. The molecule has 0 heterocycles. The normalized spacial score (nSPS) is 10.1. The number of hydrogen-bond donors (Lipinski definition) is 4. The van der Waals surface area contributed by atoms with Gasteiger partial charge in [0.25, 0.3) is 5.91 Å². The highest BCUT2D eigenvalue weighted by molar-refractivity contribution is 6.10. The predicted octanol–water partition coefficient (Wildman–Crippen LogP) is 4.18. The Kier molecular flexibility index (Phi) is 9.00. The summed E-state index contributed by atoms with van der Waals surface area (Å²) in [4.78, 5) is 37.0. The van der Waals surface area contributed by atoms with Crippen molar-refractivity contribution < 1.29 is 23.9 Å². The standard InChI is InChI=1S/C25H26N4O5/c1-33-14-15-34-25(32)28-20-11-7-10-19(16-20)26-17-23(30)29-22-13-6-5-12-21(22)24(31)27-18-8-3-2-4-9-18/h2-13,16,26H,14-15,17H2,1H3,(H,27,31)(H,28,32)(H,29,30). The minimum atomic E-state index is -0.600. The Morgan fingerprint density at radius 2 is 1.44 bits per heavy atom. The Labute approximate surface area is 197 Å². The van der Waals surface area contributed by atoms with E-state index in [9.17, 15) is 14.4 Å². The van der Waals surface area contributed by atoms with Gasteiger partial charge in [0.1, 0.15) is 6.61 Å². The number of benzene rings is 3. The first-order valence-corrected chi connectivity index (χ1v) is 10.6. The lowest BCUT2D eigenvalue weighted by atomic mass is 10.1. The highest BCUT2D eigenvalue weighted by atomic mass is 16.6. The third kappa shape index (κ3) is 7.64. The lowest BCUT2D eigenvalue weighted by molar-refractivity contribution is -0.114. The smallest absolute Gasteiger partial charge is 0.411 e. The second-order valence-electron chi connectivity index (χ2n) is 7.10. The lowest BCUT2D eigenvalue weighted by Gasteiger charge is -2.13. The van der Waals surface area contributed by atoms with Crippen LogP contribution in [0.2, 0.25) is 0 Å². The topological polar surface area (TPSA) is 118 Å². The van der Waals surface area contributed by atoms with Crippen molar-refractivity contribution >= 4 is 40.7 Å². The second-order valence-corrected chi connectivity index (χ2v) is 7.10. The van der Waals surface area contributed by atoms with Crippen LogP contribution >= 0.6 is 0 Å². The van der Waals surface area contributed by atoms with Crippen molar-refractivity contribution in [3.63, 3.8) is 0 Å². The minimum absolute atomic E-state index is 0.0453. The van der Waals surface area contributed by atoms with Crippen LogP contribution in [0.4, 0.5) is 27.5 Å². The number of anilines is 4. The van der Waals surface area contributed by atoms with Crippen molar-refractivity contribution in [1.29, 1.82) is 0 Å². The Bertz CT molecular complexity index is 1120. The Hall–Kier alpha value is -4.37. The van der Waals surface area contributed by atoms with Gasteiger partial charge in [0.15, 0.2) is 0 Å². The molecule has 0 radical (unpaired) electrons. The van der Waals surface area contributed by atoms with Gasteiger partial charge in [-0.15, -0.1) is 0 Å². The van der Waals surface area contributed by atoms with E-state index in [0.717, 1.165) is 0 Å². The molecule has 9 heteroatoms. The quantitative estimate of drug-likeness (QED) is 0.336. The van der Waals surface area contributed by atoms with E-state index in [1.165, 1.54) is 7.11 Å². The number of carbonyl (C=O) groups excluding carboxylic acids is 3. The van der Waals surface area contributed by atoms with E-state index >= 15 is 0 Å². The van der Waals surface area contributed by atoms with E-state index in [4.69, 9.17) is 9.47 Å². The number of amides is 3. The molecule has 3 amide bonds. The van der Waals surface area contributed by atoms with Crippen LogP contribution in [-0.2, 0) is 14.3 Å². The molecule has 3 aromatic carbocycles.